The van der Waals surface area contributed by atoms with Crippen LogP contribution >= 0.6 is 0 Å². The van der Waals surface area contributed by atoms with E-state index in [4.69, 9.17) is 0 Å². The summed E-state index contributed by atoms with van der Waals surface area (Å²) in [5.41, 5.74) is 0. The Balaban J connectivity index is 3.10. The smallest absolute Gasteiger partial charge is 0.298 e. The maximum absolute atomic E-state index is 10.1. The minimum Gasteiger partial charge on any atom is -0.298 e. The zero-order valence-corrected chi connectivity index (χ0v) is 5.34. The second kappa shape index (κ2) is 4.03. The fourth-order valence-electron chi connectivity index (χ4n) is 0.195. The number of hydrogen-bond acceptors (Lipinski definition) is 4. The lowest BCUT2D eigenvalue weighted by molar-refractivity contribution is -0.265. The van der Waals surface area contributed by atoms with Gasteiger partial charge < -0.3 is 0 Å². The molecule has 4 nitrogen and oxygen atoms in total. The molecule has 0 aromatic carbocycles. The van der Waals surface area contributed by atoms with E-state index >= 15 is 0 Å². The van der Waals surface area contributed by atoms with Gasteiger partial charge in [0.1, 0.15) is 0 Å². The van der Waals surface area contributed by atoms with Gasteiger partial charge >= 0.3 is 5.97 Å². The first-order valence-electron chi connectivity index (χ1n) is 2.42. The van der Waals surface area contributed by atoms with Gasteiger partial charge in [0.2, 0.25) is 0 Å². The van der Waals surface area contributed by atoms with Crippen molar-refractivity contribution in [3.63, 3.8) is 0 Å². The summed E-state index contributed by atoms with van der Waals surface area (Å²) in [5, 5.41) is 0. The number of rotatable bonds is 3. The Labute approximate surface area is 52.7 Å². The molecule has 0 amide bonds. The van der Waals surface area contributed by atoms with Crippen molar-refractivity contribution in [1.82, 2.24) is 0 Å². The van der Waals surface area contributed by atoms with Crippen molar-refractivity contribution in [2.75, 3.05) is 6.61 Å². The molecule has 0 aromatic heterocycles. The predicted octanol–water partition coefficient (Wildman–Crippen LogP) is 0.0701. The van der Waals surface area contributed by atoms with Crippen LogP contribution in [0.4, 0.5) is 0 Å². The average molecular weight is 132 g/mol. The fraction of sp³-hybridized carbons (Fsp3) is 0.600. The summed E-state index contributed by atoms with van der Waals surface area (Å²) >= 11 is 0. The molecule has 0 radical (unpaired) electrons. The highest BCUT2D eigenvalue weighted by atomic mass is 17.2. The first kappa shape index (κ1) is 8.10. The lowest BCUT2D eigenvalue weighted by Gasteiger charge is -1.95. The normalized spacial score (nSPS) is 8.67. The zero-order valence-electron chi connectivity index (χ0n) is 5.34. The second-order valence-corrected chi connectivity index (χ2v) is 1.54. The molecule has 0 spiro atoms. The van der Waals surface area contributed by atoms with Gasteiger partial charge in [0.15, 0.2) is 12.4 Å². The van der Waals surface area contributed by atoms with Crippen LogP contribution < -0.4 is 0 Å². The lowest BCUT2D eigenvalue weighted by atomic mass is 10.5. The zero-order chi connectivity index (χ0) is 7.28. The van der Waals surface area contributed by atoms with Crippen molar-refractivity contribution in [2.24, 2.45) is 0 Å². The summed E-state index contributed by atoms with van der Waals surface area (Å²) in [6.45, 7) is 2.35. The van der Waals surface area contributed by atoms with Gasteiger partial charge in [-0.15, -0.1) is 0 Å². The van der Waals surface area contributed by atoms with Gasteiger partial charge in [-0.2, -0.15) is 4.89 Å². The molecular weight excluding hydrogens is 124 g/mol. The van der Waals surface area contributed by atoms with E-state index in [0.29, 0.717) is 0 Å². The maximum Gasteiger partial charge on any atom is 0.339 e. The molecule has 0 N–H and O–H groups in total. The standard InChI is InChI=1S/C5H8O4/c1-4(6)3-8-9-5(2)7/h3H2,1-2H3. The van der Waals surface area contributed by atoms with Crippen molar-refractivity contribution < 1.29 is 19.4 Å². The van der Waals surface area contributed by atoms with E-state index in [2.05, 4.69) is 9.78 Å². The molecule has 0 aliphatic carbocycles. The van der Waals surface area contributed by atoms with E-state index in [1.807, 2.05) is 0 Å². The third-order valence-corrected chi connectivity index (χ3v) is 0.438. The Morgan fingerprint density at radius 2 is 1.89 bits per heavy atom. The number of carbonyl (C=O) groups is 2. The van der Waals surface area contributed by atoms with E-state index in [-0.39, 0.29) is 12.4 Å². The van der Waals surface area contributed by atoms with E-state index in [0.717, 1.165) is 0 Å². The van der Waals surface area contributed by atoms with Gasteiger partial charge in [0.25, 0.3) is 0 Å². The first-order valence-corrected chi connectivity index (χ1v) is 2.42. The highest BCUT2D eigenvalue weighted by Gasteiger charge is 1.95. The van der Waals surface area contributed by atoms with Crippen molar-refractivity contribution in [3.8, 4) is 0 Å². The van der Waals surface area contributed by atoms with E-state index in [9.17, 15) is 9.59 Å². The minimum absolute atomic E-state index is 0.181. The Hall–Kier alpha value is -0.900. The molecule has 0 aliphatic heterocycles. The monoisotopic (exact) mass is 132 g/mol. The molecule has 0 fully saturated rings. The number of Topliss-reactive ketones (excluding diaryl/α,β-unsaturated/α-hetero) is 1. The molecule has 0 heterocycles. The van der Waals surface area contributed by atoms with Crippen LogP contribution in [-0.2, 0) is 19.4 Å². The van der Waals surface area contributed by atoms with Crippen LogP contribution in [0.1, 0.15) is 13.8 Å². The number of ketones is 1. The van der Waals surface area contributed by atoms with Gasteiger partial charge in [0.05, 0.1) is 0 Å². The van der Waals surface area contributed by atoms with E-state index in [1.165, 1.54) is 13.8 Å². The van der Waals surface area contributed by atoms with Crippen LogP contribution in [0.5, 0.6) is 0 Å². The molecule has 0 bridgehead atoms. The molecule has 52 valence electrons. The Morgan fingerprint density at radius 1 is 1.33 bits per heavy atom. The summed E-state index contributed by atoms with van der Waals surface area (Å²) in [7, 11) is 0. The van der Waals surface area contributed by atoms with Crippen LogP contribution in [-0.4, -0.2) is 18.4 Å². The van der Waals surface area contributed by atoms with Crippen molar-refractivity contribution in [2.45, 2.75) is 13.8 Å². The van der Waals surface area contributed by atoms with Gasteiger partial charge in [0, 0.05) is 6.92 Å². The predicted molar refractivity (Wildman–Crippen MR) is 28.4 cm³/mol. The van der Waals surface area contributed by atoms with Crippen LogP contribution in [0, 0.1) is 0 Å². The summed E-state index contributed by atoms with van der Waals surface area (Å²) in [5.74, 6) is -0.743. The molecular formula is C5H8O4. The first-order chi connectivity index (χ1) is 4.13. The highest BCUT2D eigenvalue weighted by molar-refractivity contribution is 5.76. The summed E-state index contributed by atoms with van der Waals surface area (Å²) < 4.78 is 0. The SMILES string of the molecule is CC(=O)COOC(C)=O. The molecule has 0 saturated carbocycles. The average Bonchev–Trinajstić information content (AvgIpc) is 1.63. The number of carbonyl (C=O) groups excluding carboxylic acids is 2. The summed E-state index contributed by atoms with van der Waals surface area (Å²) in [6, 6.07) is 0. The Morgan fingerprint density at radius 3 is 2.22 bits per heavy atom. The summed E-state index contributed by atoms with van der Waals surface area (Å²) in [6.07, 6.45) is 0. The van der Waals surface area contributed by atoms with Crippen LogP contribution in [0.25, 0.3) is 0 Å². The minimum atomic E-state index is -0.559. The topological polar surface area (TPSA) is 52.6 Å². The highest BCUT2D eigenvalue weighted by Crippen LogP contribution is 1.79. The van der Waals surface area contributed by atoms with Gasteiger partial charge in [-0.25, -0.2) is 4.79 Å². The van der Waals surface area contributed by atoms with Gasteiger partial charge in [-0.05, 0) is 6.92 Å². The van der Waals surface area contributed by atoms with E-state index in [1.54, 1.807) is 0 Å². The largest absolute Gasteiger partial charge is 0.339 e. The van der Waals surface area contributed by atoms with Crippen molar-refractivity contribution >= 4 is 11.8 Å². The van der Waals surface area contributed by atoms with Crippen LogP contribution in [0.15, 0.2) is 0 Å². The second-order valence-electron chi connectivity index (χ2n) is 1.54. The fourth-order valence-corrected chi connectivity index (χ4v) is 0.195. The molecule has 0 aromatic rings. The van der Waals surface area contributed by atoms with Crippen LogP contribution in [0.3, 0.4) is 0 Å². The van der Waals surface area contributed by atoms with Gasteiger partial charge in [-0.1, -0.05) is 0 Å². The quantitative estimate of drug-likeness (QED) is 0.402. The molecule has 4 heteroatoms. The third kappa shape index (κ3) is 7.10. The summed E-state index contributed by atoms with van der Waals surface area (Å²) in [4.78, 5) is 28.2. The number of hydrogen-bond donors (Lipinski definition) is 0. The van der Waals surface area contributed by atoms with E-state index < -0.39 is 5.97 Å². The van der Waals surface area contributed by atoms with Crippen molar-refractivity contribution in [3.05, 3.63) is 0 Å². The van der Waals surface area contributed by atoms with Crippen molar-refractivity contribution in [1.29, 1.82) is 0 Å². The Kier molecular flexibility index (Phi) is 3.62. The molecule has 0 aliphatic rings. The third-order valence-electron chi connectivity index (χ3n) is 0.438. The molecule has 9 heavy (non-hydrogen) atoms. The molecule has 0 rings (SSSR count). The van der Waals surface area contributed by atoms with Crippen LogP contribution in [0.2, 0.25) is 0 Å². The maximum atomic E-state index is 10.1. The lowest BCUT2D eigenvalue weighted by Crippen LogP contribution is -2.07. The molecule has 0 unspecified atom stereocenters. The Bertz CT molecular complexity index is 104. The van der Waals surface area contributed by atoms with Gasteiger partial charge in [-0.3, -0.25) is 9.68 Å². The molecule has 0 atom stereocenters. The molecule has 0 saturated heterocycles.